The number of carboxylic acid groups (broad SMARTS) is 1. The minimum atomic E-state index is -0.867. The predicted octanol–water partition coefficient (Wildman–Crippen LogP) is 0.452. The molecular weight excluding hydrogens is 220 g/mol. The molecule has 0 aliphatic carbocycles. The lowest BCUT2D eigenvalue weighted by molar-refractivity contribution is -0.153. The van der Waals surface area contributed by atoms with Crippen LogP contribution in [-0.2, 0) is 9.59 Å². The van der Waals surface area contributed by atoms with Crippen molar-refractivity contribution in [3.8, 4) is 0 Å². The van der Waals surface area contributed by atoms with Crippen molar-refractivity contribution in [1.82, 2.24) is 10.2 Å². The van der Waals surface area contributed by atoms with Crippen LogP contribution in [-0.4, -0.2) is 47.6 Å². The summed E-state index contributed by atoms with van der Waals surface area (Å²) >= 11 is 0. The molecule has 2 heterocycles. The fourth-order valence-corrected chi connectivity index (χ4v) is 2.81. The number of likely N-dealkylation sites (tertiary alicyclic amines) is 1. The van der Waals surface area contributed by atoms with Gasteiger partial charge in [0.25, 0.3) is 0 Å². The van der Waals surface area contributed by atoms with Crippen molar-refractivity contribution >= 4 is 11.9 Å². The van der Waals surface area contributed by atoms with Crippen LogP contribution >= 0.6 is 0 Å². The van der Waals surface area contributed by atoms with Crippen molar-refractivity contribution in [3.63, 3.8) is 0 Å². The van der Waals surface area contributed by atoms with Gasteiger partial charge in [-0.05, 0) is 38.8 Å². The van der Waals surface area contributed by atoms with Crippen molar-refractivity contribution < 1.29 is 14.7 Å². The van der Waals surface area contributed by atoms with Gasteiger partial charge in [-0.3, -0.25) is 4.79 Å². The van der Waals surface area contributed by atoms with Gasteiger partial charge in [0.05, 0.1) is 0 Å². The van der Waals surface area contributed by atoms with Crippen molar-refractivity contribution in [2.75, 3.05) is 19.6 Å². The molecule has 2 rings (SSSR count). The average Bonchev–Trinajstić information content (AvgIpc) is 2.77. The van der Waals surface area contributed by atoms with Gasteiger partial charge in [0.1, 0.15) is 6.04 Å². The van der Waals surface area contributed by atoms with E-state index in [2.05, 4.69) is 5.32 Å². The molecule has 2 N–H and O–H groups in total. The minimum absolute atomic E-state index is 0.0314. The number of piperidine rings is 1. The smallest absolute Gasteiger partial charge is 0.326 e. The summed E-state index contributed by atoms with van der Waals surface area (Å²) in [6.07, 6.45) is 3.00. The number of hydrogen-bond donors (Lipinski definition) is 2. The molecule has 5 heteroatoms. The second-order valence-corrected chi connectivity index (χ2v) is 5.31. The third kappa shape index (κ3) is 2.29. The van der Waals surface area contributed by atoms with Gasteiger partial charge >= 0.3 is 5.97 Å². The summed E-state index contributed by atoms with van der Waals surface area (Å²) in [5.41, 5.74) is -0.372. The van der Waals surface area contributed by atoms with Gasteiger partial charge < -0.3 is 15.3 Å². The van der Waals surface area contributed by atoms with E-state index in [9.17, 15) is 9.59 Å². The van der Waals surface area contributed by atoms with Gasteiger partial charge in [0, 0.05) is 12.0 Å². The van der Waals surface area contributed by atoms with Crippen LogP contribution in [0.5, 0.6) is 0 Å². The van der Waals surface area contributed by atoms with Crippen LogP contribution in [0.15, 0.2) is 0 Å². The maximum absolute atomic E-state index is 12.5. The zero-order valence-corrected chi connectivity index (χ0v) is 10.2. The van der Waals surface area contributed by atoms with E-state index < -0.39 is 12.0 Å². The Kier molecular flexibility index (Phi) is 3.38. The molecule has 2 saturated heterocycles. The molecular formula is C12H20N2O3. The second-order valence-electron chi connectivity index (χ2n) is 5.31. The van der Waals surface area contributed by atoms with Crippen LogP contribution in [0.25, 0.3) is 0 Å². The Morgan fingerprint density at radius 3 is 2.59 bits per heavy atom. The van der Waals surface area contributed by atoms with E-state index in [-0.39, 0.29) is 11.3 Å². The minimum Gasteiger partial charge on any atom is -0.480 e. The number of carbonyl (C=O) groups is 2. The fourth-order valence-electron chi connectivity index (χ4n) is 2.81. The van der Waals surface area contributed by atoms with Crippen LogP contribution in [0.2, 0.25) is 0 Å². The Morgan fingerprint density at radius 1 is 1.35 bits per heavy atom. The van der Waals surface area contributed by atoms with Gasteiger partial charge in [-0.2, -0.15) is 0 Å². The highest BCUT2D eigenvalue weighted by atomic mass is 16.4. The molecule has 96 valence electrons. The monoisotopic (exact) mass is 240 g/mol. The molecule has 0 unspecified atom stereocenters. The van der Waals surface area contributed by atoms with Crippen molar-refractivity contribution in [1.29, 1.82) is 0 Å². The summed E-state index contributed by atoms with van der Waals surface area (Å²) < 4.78 is 0. The first-order valence-electron chi connectivity index (χ1n) is 6.29. The van der Waals surface area contributed by atoms with Gasteiger partial charge in [-0.25, -0.2) is 4.79 Å². The Bertz CT molecular complexity index is 324. The van der Waals surface area contributed by atoms with E-state index in [1.165, 1.54) is 0 Å². The van der Waals surface area contributed by atoms with Gasteiger partial charge in [-0.1, -0.05) is 6.92 Å². The van der Waals surface area contributed by atoms with Crippen molar-refractivity contribution in [2.24, 2.45) is 5.41 Å². The normalized spacial score (nSPS) is 28.1. The summed E-state index contributed by atoms with van der Waals surface area (Å²) in [4.78, 5) is 25.1. The lowest BCUT2D eigenvalue weighted by Crippen LogP contribution is -2.50. The number of hydrogen-bond acceptors (Lipinski definition) is 3. The second kappa shape index (κ2) is 4.64. The SMILES string of the molecule is CC1(C(=O)N2CCC[C@H]2C(=O)O)CCNCC1. The summed E-state index contributed by atoms with van der Waals surface area (Å²) in [7, 11) is 0. The molecule has 0 aromatic rings. The number of amides is 1. The molecule has 2 fully saturated rings. The lowest BCUT2D eigenvalue weighted by Gasteiger charge is -2.37. The van der Waals surface area contributed by atoms with Gasteiger partial charge in [0.2, 0.25) is 5.91 Å². The topological polar surface area (TPSA) is 69.6 Å². The molecule has 1 amide bonds. The molecule has 5 nitrogen and oxygen atoms in total. The third-order valence-electron chi connectivity index (χ3n) is 4.02. The fraction of sp³-hybridized carbons (Fsp3) is 0.833. The summed E-state index contributed by atoms with van der Waals surface area (Å²) in [6.45, 7) is 4.24. The summed E-state index contributed by atoms with van der Waals surface area (Å²) in [6, 6.07) is -0.603. The van der Waals surface area contributed by atoms with E-state index in [0.717, 1.165) is 32.4 Å². The van der Waals surface area contributed by atoms with Crippen molar-refractivity contribution in [3.05, 3.63) is 0 Å². The molecule has 2 aliphatic heterocycles. The van der Waals surface area contributed by atoms with Crippen LogP contribution in [0.4, 0.5) is 0 Å². The highest BCUT2D eigenvalue weighted by molar-refractivity contribution is 5.88. The zero-order chi connectivity index (χ0) is 12.5. The Morgan fingerprint density at radius 2 is 2.00 bits per heavy atom. The maximum Gasteiger partial charge on any atom is 0.326 e. The first-order chi connectivity index (χ1) is 8.04. The Balaban J connectivity index is 2.10. The van der Waals surface area contributed by atoms with E-state index >= 15 is 0 Å². The molecule has 0 spiro atoms. The predicted molar refractivity (Wildman–Crippen MR) is 62.6 cm³/mol. The number of nitrogens with one attached hydrogen (secondary N) is 1. The quantitative estimate of drug-likeness (QED) is 0.735. The standard InChI is InChI=1S/C12H20N2O3/c1-12(4-6-13-7-5-12)11(17)14-8-2-3-9(14)10(15)16/h9,13H,2-8H2,1H3,(H,15,16)/t9-/m0/s1. The van der Waals surface area contributed by atoms with E-state index in [1.54, 1.807) is 4.90 Å². The first-order valence-corrected chi connectivity index (χ1v) is 6.29. The number of carbonyl (C=O) groups excluding carboxylic acids is 1. The zero-order valence-electron chi connectivity index (χ0n) is 10.2. The molecule has 0 radical (unpaired) electrons. The first kappa shape index (κ1) is 12.4. The van der Waals surface area contributed by atoms with Crippen molar-refractivity contribution in [2.45, 2.75) is 38.6 Å². The van der Waals surface area contributed by atoms with Crippen LogP contribution < -0.4 is 5.32 Å². The molecule has 2 aliphatic rings. The number of nitrogens with zero attached hydrogens (tertiary/aromatic N) is 1. The molecule has 0 aromatic heterocycles. The Labute approximate surface area is 101 Å². The molecule has 0 bridgehead atoms. The van der Waals surface area contributed by atoms with Gasteiger partial charge in [-0.15, -0.1) is 0 Å². The van der Waals surface area contributed by atoms with Crippen LogP contribution in [0, 0.1) is 5.41 Å². The van der Waals surface area contributed by atoms with E-state index in [4.69, 9.17) is 5.11 Å². The number of rotatable bonds is 2. The average molecular weight is 240 g/mol. The lowest BCUT2D eigenvalue weighted by atomic mass is 9.79. The van der Waals surface area contributed by atoms with E-state index in [0.29, 0.717) is 13.0 Å². The molecule has 17 heavy (non-hydrogen) atoms. The number of carboxylic acids is 1. The largest absolute Gasteiger partial charge is 0.480 e. The molecule has 0 aromatic carbocycles. The Hall–Kier alpha value is -1.10. The summed E-state index contributed by atoms with van der Waals surface area (Å²) in [5.74, 6) is -0.836. The van der Waals surface area contributed by atoms with Gasteiger partial charge in [0.15, 0.2) is 0 Å². The highest BCUT2D eigenvalue weighted by Crippen LogP contribution is 2.33. The number of aliphatic carboxylic acids is 1. The molecule has 1 atom stereocenters. The van der Waals surface area contributed by atoms with Crippen LogP contribution in [0.3, 0.4) is 0 Å². The molecule has 0 saturated carbocycles. The van der Waals surface area contributed by atoms with E-state index in [1.807, 2.05) is 6.92 Å². The third-order valence-corrected chi connectivity index (χ3v) is 4.02. The summed E-state index contributed by atoms with van der Waals surface area (Å²) in [5, 5.41) is 12.3. The van der Waals surface area contributed by atoms with Crippen LogP contribution in [0.1, 0.15) is 32.6 Å². The maximum atomic E-state index is 12.5. The highest BCUT2D eigenvalue weighted by Gasteiger charge is 2.43.